The molecule has 0 aliphatic carbocycles. The third-order valence-electron chi connectivity index (χ3n) is 5.17. The molecule has 25 heavy (non-hydrogen) atoms. The number of nitrogens with one attached hydrogen (secondary N) is 2. The predicted octanol–water partition coefficient (Wildman–Crippen LogP) is 2.37. The van der Waals surface area contributed by atoms with E-state index in [0.29, 0.717) is 13.2 Å². The number of halogens is 1. The zero-order valence-electron chi connectivity index (χ0n) is 15.0. The molecule has 1 aromatic rings. The molecule has 1 saturated heterocycles. The number of amides is 1. The quantitative estimate of drug-likeness (QED) is 0.810. The predicted molar refractivity (Wildman–Crippen MR) is 102 cm³/mol. The zero-order chi connectivity index (χ0) is 16.8. The number of ether oxygens (including phenoxy) is 1. The number of fused-ring (bicyclic) bond motifs is 1. The molecule has 2 aliphatic heterocycles. The van der Waals surface area contributed by atoms with Crippen LogP contribution in [0.3, 0.4) is 0 Å². The molecule has 1 atom stereocenters. The smallest absolute Gasteiger partial charge is 0.234 e. The first-order chi connectivity index (χ1) is 11.8. The Balaban J connectivity index is 0.00000225. The number of para-hydroxylation sites is 1. The lowest BCUT2D eigenvalue weighted by molar-refractivity contribution is -0.123. The molecule has 0 bridgehead atoms. The maximum absolute atomic E-state index is 12.4. The average Bonchev–Trinajstić information content (AvgIpc) is 2.61. The summed E-state index contributed by atoms with van der Waals surface area (Å²) in [5.74, 6) is 1.84. The molecule has 1 unspecified atom stereocenters. The first kappa shape index (κ1) is 20.0. The van der Waals surface area contributed by atoms with Gasteiger partial charge in [0, 0.05) is 12.0 Å². The van der Waals surface area contributed by atoms with Gasteiger partial charge in [-0.15, -0.1) is 12.4 Å². The number of nitrogens with zero attached hydrogens (tertiary/aromatic N) is 1. The van der Waals surface area contributed by atoms with Gasteiger partial charge in [0.2, 0.25) is 5.91 Å². The van der Waals surface area contributed by atoms with E-state index in [1.54, 1.807) is 0 Å². The second-order valence-corrected chi connectivity index (χ2v) is 6.91. The van der Waals surface area contributed by atoms with Crippen molar-refractivity contribution in [1.82, 2.24) is 15.5 Å². The van der Waals surface area contributed by atoms with Gasteiger partial charge in [0.25, 0.3) is 0 Å². The molecule has 1 amide bonds. The minimum absolute atomic E-state index is 0. The Hall–Kier alpha value is -1.30. The Labute approximate surface area is 156 Å². The molecule has 2 N–H and O–H groups in total. The van der Waals surface area contributed by atoms with Crippen LogP contribution in [0.1, 0.15) is 37.3 Å². The fourth-order valence-corrected chi connectivity index (χ4v) is 3.72. The van der Waals surface area contributed by atoms with Crippen molar-refractivity contribution in [2.24, 2.45) is 5.92 Å². The van der Waals surface area contributed by atoms with Crippen LogP contribution in [0.15, 0.2) is 24.3 Å². The fraction of sp³-hybridized carbons (Fsp3) is 0.632. The zero-order valence-corrected chi connectivity index (χ0v) is 15.8. The number of piperidine rings is 1. The molecule has 1 aromatic carbocycles. The second kappa shape index (κ2) is 10.00. The summed E-state index contributed by atoms with van der Waals surface area (Å²) in [6.45, 7) is 4.34. The highest BCUT2D eigenvalue weighted by Crippen LogP contribution is 2.31. The van der Waals surface area contributed by atoms with Crippen molar-refractivity contribution in [2.45, 2.75) is 31.7 Å². The van der Waals surface area contributed by atoms with Crippen LogP contribution >= 0.6 is 12.4 Å². The van der Waals surface area contributed by atoms with E-state index in [1.165, 1.54) is 19.3 Å². The Morgan fingerprint density at radius 3 is 2.76 bits per heavy atom. The van der Waals surface area contributed by atoms with Crippen molar-refractivity contribution in [1.29, 1.82) is 0 Å². The monoisotopic (exact) mass is 367 g/mol. The van der Waals surface area contributed by atoms with E-state index in [2.05, 4.69) is 15.5 Å². The van der Waals surface area contributed by atoms with Gasteiger partial charge in [0.05, 0.1) is 19.2 Å². The number of carbonyl (C=O) groups excluding carboxylic acids is 1. The highest BCUT2D eigenvalue weighted by atomic mass is 35.5. The highest BCUT2D eigenvalue weighted by molar-refractivity contribution is 5.85. The van der Waals surface area contributed by atoms with Crippen LogP contribution in [0, 0.1) is 5.92 Å². The average molecular weight is 368 g/mol. The Kier molecular flexibility index (Phi) is 8.00. The molecule has 5 nitrogen and oxygen atoms in total. The summed E-state index contributed by atoms with van der Waals surface area (Å²) in [5.41, 5.74) is 1.10. The van der Waals surface area contributed by atoms with Crippen LogP contribution in [0.2, 0.25) is 0 Å². The summed E-state index contributed by atoms with van der Waals surface area (Å²) in [7, 11) is 2.01. The number of hydrogen-bond donors (Lipinski definition) is 2. The van der Waals surface area contributed by atoms with E-state index in [9.17, 15) is 4.79 Å². The van der Waals surface area contributed by atoms with Crippen LogP contribution in [0.4, 0.5) is 0 Å². The van der Waals surface area contributed by atoms with Gasteiger partial charge < -0.3 is 15.4 Å². The maximum Gasteiger partial charge on any atom is 0.234 e. The second-order valence-electron chi connectivity index (χ2n) is 6.91. The van der Waals surface area contributed by atoms with Crippen molar-refractivity contribution in [3.8, 4) is 5.75 Å². The SMILES string of the molecule is CNCCC1CCN(CC(=O)NC2CCOc3ccccc32)CC1.Cl. The van der Waals surface area contributed by atoms with E-state index in [-0.39, 0.29) is 24.4 Å². The van der Waals surface area contributed by atoms with Gasteiger partial charge in [-0.25, -0.2) is 0 Å². The summed E-state index contributed by atoms with van der Waals surface area (Å²) in [4.78, 5) is 14.7. The van der Waals surface area contributed by atoms with E-state index >= 15 is 0 Å². The van der Waals surface area contributed by atoms with Gasteiger partial charge in [0.15, 0.2) is 0 Å². The van der Waals surface area contributed by atoms with Crippen molar-refractivity contribution in [2.75, 3.05) is 39.8 Å². The first-order valence-electron chi connectivity index (χ1n) is 9.14. The van der Waals surface area contributed by atoms with Crippen molar-refractivity contribution >= 4 is 18.3 Å². The van der Waals surface area contributed by atoms with Gasteiger partial charge in [-0.2, -0.15) is 0 Å². The summed E-state index contributed by atoms with van der Waals surface area (Å²) in [6, 6.07) is 8.08. The lowest BCUT2D eigenvalue weighted by atomic mass is 9.93. The van der Waals surface area contributed by atoms with Gasteiger partial charge in [-0.1, -0.05) is 18.2 Å². The maximum atomic E-state index is 12.4. The molecule has 140 valence electrons. The van der Waals surface area contributed by atoms with E-state index < -0.39 is 0 Å². The van der Waals surface area contributed by atoms with Crippen LogP contribution in [0.5, 0.6) is 5.75 Å². The topological polar surface area (TPSA) is 53.6 Å². The van der Waals surface area contributed by atoms with Crippen molar-refractivity contribution in [3.05, 3.63) is 29.8 Å². The van der Waals surface area contributed by atoms with E-state index in [1.807, 2.05) is 31.3 Å². The van der Waals surface area contributed by atoms with Gasteiger partial charge in [-0.05, 0) is 57.9 Å². The molecule has 2 aliphatic rings. The molecule has 1 fully saturated rings. The Morgan fingerprint density at radius 1 is 1.24 bits per heavy atom. The minimum Gasteiger partial charge on any atom is -0.493 e. The standard InChI is InChI=1S/C19H29N3O2.ClH/c1-20-10-6-15-7-11-22(12-8-15)14-19(23)21-17-9-13-24-18-5-3-2-4-16(17)18;/h2-5,15,17,20H,6-14H2,1H3,(H,21,23);1H. The molecule has 3 rings (SSSR count). The number of likely N-dealkylation sites (tertiary alicyclic amines) is 1. The van der Waals surface area contributed by atoms with Crippen LogP contribution < -0.4 is 15.4 Å². The first-order valence-corrected chi connectivity index (χ1v) is 9.14. The van der Waals surface area contributed by atoms with Crippen molar-refractivity contribution < 1.29 is 9.53 Å². The number of benzene rings is 1. The highest BCUT2D eigenvalue weighted by Gasteiger charge is 2.25. The Morgan fingerprint density at radius 2 is 2.00 bits per heavy atom. The molecule has 0 aromatic heterocycles. The largest absolute Gasteiger partial charge is 0.493 e. The molecular weight excluding hydrogens is 338 g/mol. The minimum atomic E-state index is 0. The lowest BCUT2D eigenvalue weighted by Crippen LogP contribution is -2.43. The summed E-state index contributed by atoms with van der Waals surface area (Å²) in [6.07, 6.45) is 4.49. The summed E-state index contributed by atoms with van der Waals surface area (Å²) < 4.78 is 5.66. The lowest BCUT2D eigenvalue weighted by Gasteiger charge is -2.32. The normalized spacial score (nSPS) is 20.9. The third-order valence-corrected chi connectivity index (χ3v) is 5.17. The molecule has 0 spiro atoms. The van der Waals surface area contributed by atoms with Crippen molar-refractivity contribution in [3.63, 3.8) is 0 Å². The van der Waals surface area contributed by atoms with Crippen LogP contribution in [0.25, 0.3) is 0 Å². The molecule has 2 heterocycles. The number of carbonyl (C=O) groups is 1. The molecule has 0 saturated carbocycles. The van der Waals surface area contributed by atoms with Crippen LogP contribution in [-0.2, 0) is 4.79 Å². The van der Waals surface area contributed by atoms with E-state index in [4.69, 9.17) is 4.74 Å². The number of hydrogen-bond acceptors (Lipinski definition) is 4. The fourth-order valence-electron chi connectivity index (χ4n) is 3.72. The van der Waals surface area contributed by atoms with Gasteiger partial charge >= 0.3 is 0 Å². The van der Waals surface area contributed by atoms with Gasteiger partial charge in [-0.3, -0.25) is 9.69 Å². The van der Waals surface area contributed by atoms with Crippen LogP contribution in [-0.4, -0.2) is 50.6 Å². The summed E-state index contributed by atoms with van der Waals surface area (Å²) >= 11 is 0. The third kappa shape index (κ3) is 5.59. The number of rotatable bonds is 6. The molecular formula is C19H30ClN3O2. The van der Waals surface area contributed by atoms with Gasteiger partial charge in [0.1, 0.15) is 5.75 Å². The molecule has 0 radical (unpaired) electrons. The Bertz CT molecular complexity index is 547. The summed E-state index contributed by atoms with van der Waals surface area (Å²) in [5, 5.41) is 6.42. The molecule has 6 heteroatoms. The van der Waals surface area contributed by atoms with E-state index in [0.717, 1.165) is 43.3 Å².